The minimum atomic E-state index is -3.42. The van der Waals surface area contributed by atoms with E-state index in [1.807, 2.05) is 12.1 Å². The van der Waals surface area contributed by atoms with Gasteiger partial charge in [-0.1, -0.05) is 12.1 Å². The molecule has 6 heteroatoms. The largest absolute Gasteiger partial charge is 0.399 e. The average Bonchev–Trinajstić information content (AvgIpc) is 3.11. The summed E-state index contributed by atoms with van der Waals surface area (Å²) in [6.45, 7) is 0. The molecule has 0 saturated heterocycles. The number of aryl methyl sites for hydroxylation is 1. The molecule has 0 atom stereocenters. The molecule has 0 unspecified atom stereocenters. The number of nitrogen functional groups attached to an aromatic ring is 1. The summed E-state index contributed by atoms with van der Waals surface area (Å²) in [5.41, 5.74) is 7.18. The van der Waals surface area contributed by atoms with Gasteiger partial charge in [-0.05, 0) is 37.0 Å². The number of nitrogens with one attached hydrogen (secondary N) is 1. The van der Waals surface area contributed by atoms with Gasteiger partial charge in [-0.2, -0.15) is 0 Å². The molecular formula is C12H16N2O3S. The molecule has 1 aliphatic rings. The lowest BCUT2D eigenvalue weighted by Crippen LogP contribution is -2.33. The number of amides is 1. The van der Waals surface area contributed by atoms with E-state index in [4.69, 9.17) is 5.73 Å². The number of nitrogens with two attached hydrogens (primary N) is 1. The van der Waals surface area contributed by atoms with Gasteiger partial charge in [0, 0.05) is 12.1 Å². The Bertz CT molecular complexity index is 533. The topological polar surface area (TPSA) is 89.3 Å². The van der Waals surface area contributed by atoms with E-state index in [9.17, 15) is 13.2 Å². The zero-order valence-corrected chi connectivity index (χ0v) is 10.7. The summed E-state index contributed by atoms with van der Waals surface area (Å²) in [5.74, 6) is -0.446. The predicted octanol–water partition coefficient (Wildman–Crippen LogP) is 0.810. The summed E-state index contributed by atoms with van der Waals surface area (Å²) in [7, 11) is -3.42. The Kier molecular flexibility index (Phi) is 3.56. The second-order valence-corrected chi connectivity index (χ2v) is 6.47. The molecule has 3 N–H and O–H groups in total. The molecule has 98 valence electrons. The minimum Gasteiger partial charge on any atom is -0.399 e. The number of carbonyl (C=O) groups is 1. The van der Waals surface area contributed by atoms with Gasteiger partial charge in [0.25, 0.3) is 0 Å². The molecule has 0 bridgehead atoms. The maximum atomic E-state index is 11.5. The van der Waals surface area contributed by atoms with Crippen LogP contribution in [0.5, 0.6) is 0 Å². The molecule has 1 amide bonds. The molecule has 0 aliphatic heterocycles. The molecule has 0 heterocycles. The Morgan fingerprint density at radius 2 is 1.89 bits per heavy atom. The van der Waals surface area contributed by atoms with Crippen LogP contribution < -0.4 is 10.5 Å². The second-order valence-electron chi connectivity index (χ2n) is 4.51. The fraction of sp³-hybridized carbons (Fsp3) is 0.417. The van der Waals surface area contributed by atoms with Gasteiger partial charge in [0.15, 0.2) is 0 Å². The number of rotatable bonds is 5. The summed E-state index contributed by atoms with van der Waals surface area (Å²) in [5, 5.41) is -0.363. The van der Waals surface area contributed by atoms with Gasteiger partial charge < -0.3 is 5.73 Å². The van der Waals surface area contributed by atoms with Gasteiger partial charge in [-0.3, -0.25) is 9.52 Å². The zero-order valence-electron chi connectivity index (χ0n) is 9.93. The normalized spacial score (nSPS) is 15.3. The molecule has 0 aromatic heterocycles. The number of sulfonamides is 1. The first-order valence-electron chi connectivity index (χ1n) is 5.86. The van der Waals surface area contributed by atoms with E-state index >= 15 is 0 Å². The van der Waals surface area contributed by atoms with Gasteiger partial charge in [-0.25, -0.2) is 8.42 Å². The van der Waals surface area contributed by atoms with Crippen molar-refractivity contribution in [3.63, 3.8) is 0 Å². The molecule has 1 fully saturated rings. The summed E-state index contributed by atoms with van der Waals surface area (Å²) in [6, 6.07) is 7.18. The van der Waals surface area contributed by atoms with Crippen molar-refractivity contribution in [1.82, 2.24) is 4.72 Å². The lowest BCUT2D eigenvalue weighted by Gasteiger charge is -2.05. The molecule has 2 rings (SSSR count). The van der Waals surface area contributed by atoms with Gasteiger partial charge in [0.1, 0.15) is 0 Å². The quantitative estimate of drug-likeness (QED) is 0.773. The van der Waals surface area contributed by atoms with Crippen LogP contribution in [0.2, 0.25) is 0 Å². The molecule has 5 nitrogen and oxygen atoms in total. The number of hydrogen-bond donors (Lipinski definition) is 2. The van der Waals surface area contributed by atoms with Crippen molar-refractivity contribution < 1.29 is 13.2 Å². The Morgan fingerprint density at radius 3 is 2.44 bits per heavy atom. The molecular weight excluding hydrogens is 252 g/mol. The number of benzene rings is 1. The highest BCUT2D eigenvalue weighted by atomic mass is 32.2. The summed E-state index contributed by atoms with van der Waals surface area (Å²) in [6.07, 6.45) is 1.98. The molecule has 18 heavy (non-hydrogen) atoms. The van der Waals surface area contributed by atoms with Crippen LogP contribution >= 0.6 is 0 Å². The van der Waals surface area contributed by atoms with Crippen molar-refractivity contribution >= 4 is 21.6 Å². The van der Waals surface area contributed by atoms with Crippen molar-refractivity contribution in [3.05, 3.63) is 29.8 Å². The fourth-order valence-corrected chi connectivity index (χ4v) is 2.96. The van der Waals surface area contributed by atoms with Gasteiger partial charge in [-0.15, -0.1) is 0 Å². The zero-order chi connectivity index (χ0) is 13.2. The lowest BCUT2D eigenvalue weighted by molar-refractivity contribution is -0.119. The standard InChI is InChI=1S/C12H16N2O3S/c13-10-4-1-9(2-5-10)3-8-12(15)14-18(16,17)11-6-7-11/h1-2,4-5,11H,3,6-8,13H2,(H,14,15). The highest BCUT2D eigenvalue weighted by Crippen LogP contribution is 2.27. The number of carbonyl (C=O) groups excluding carboxylic acids is 1. The van der Waals surface area contributed by atoms with Crippen LogP contribution in [0.4, 0.5) is 5.69 Å². The van der Waals surface area contributed by atoms with Crippen LogP contribution in [-0.4, -0.2) is 19.6 Å². The average molecular weight is 268 g/mol. The maximum absolute atomic E-state index is 11.5. The monoisotopic (exact) mass is 268 g/mol. The van der Waals surface area contributed by atoms with Gasteiger partial charge in [0.05, 0.1) is 5.25 Å². The molecule has 1 aromatic rings. The first-order chi connectivity index (χ1) is 8.47. The Labute approximate surface area is 106 Å². The van der Waals surface area contributed by atoms with Gasteiger partial charge >= 0.3 is 0 Å². The van der Waals surface area contributed by atoms with Crippen LogP contribution in [0.25, 0.3) is 0 Å². The van der Waals surface area contributed by atoms with Gasteiger partial charge in [0.2, 0.25) is 15.9 Å². The van der Waals surface area contributed by atoms with Crippen LogP contribution in [0.3, 0.4) is 0 Å². The smallest absolute Gasteiger partial charge is 0.237 e. The van der Waals surface area contributed by atoms with Crippen molar-refractivity contribution in [3.8, 4) is 0 Å². The minimum absolute atomic E-state index is 0.163. The van der Waals surface area contributed by atoms with E-state index in [-0.39, 0.29) is 11.7 Å². The number of anilines is 1. The van der Waals surface area contributed by atoms with Crippen LogP contribution in [0, 0.1) is 0 Å². The predicted molar refractivity (Wildman–Crippen MR) is 69.3 cm³/mol. The van der Waals surface area contributed by atoms with Crippen molar-refractivity contribution in [2.24, 2.45) is 0 Å². The number of hydrogen-bond acceptors (Lipinski definition) is 4. The SMILES string of the molecule is Nc1ccc(CCC(=O)NS(=O)(=O)C2CC2)cc1. The molecule has 0 spiro atoms. The van der Waals surface area contributed by atoms with E-state index < -0.39 is 15.9 Å². The third-order valence-electron chi connectivity index (χ3n) is 2.84. The highest BCUT2D eigenvalue weighted by molar-refractivity contribution is 7.90. The van der Waals surface area contributed by atoms with Crippen LogP contribution in [0.1, 0.15) is 24.8 Å². The Hall–Kier alpha value is -1.56. The Morgan fingerprint density at radius 1 is 1.28 bits per heavy atom. The molecule has 1 aromatic carbocycles. The summed E-state index contributed by atoms with van der Waals surface area (Å²) in [4.78, 5) is 11.5. The first-order valence-corrected chi connectivity index (χ1v) is 7.41. The second kappa shape index (κ2) is 4.97. The van der Waals surface area contributed by atoms with E-state index in [2.05, 4.69) is 4.72 Å². The molecule has 1 saturated carbocycles. The maximum Gasteiger partial charge on any atom is 0.237 e. The lowest BCUT2D eigenvalue weighted by atomic mass is 10.1. The van der Waals surface area contributed by atoms with Crippen LogP contribution in [-0.2, 0) is 21.2 Å². The van der Waals surface area contributed by atoms with Crippen LogP contribution in [0.15, 0.2) is 24.3 Å². The van der Waals surface area contributed by atoms with Crippen molar-refractivity contribution in [1.29, 1.82) is 0 Å². The third-order valence-corrected chi connectivity index (χ3v) is 4.70. The van der Waals surface area contributed by atoms with E-state index in [0.29, 0.717) is 24.9 Å². The van der Waals surface area contributed by atoms with E-state index in [0.717, 1.165) is 5.56 Å². The molecule has 0 radical (unpaired) electrons. The highest BCUT2D eigenvalue weighted by Gasteiger charge is 2.36. The van der Waals surface area contributed by atoms with Crippen molar-refractivity contribution in [2.45, 2.75) is 30.9 Å². The van der Waals surface area contributed by atoms with E-state index in [1.54, 1.807) is 12.1 Å². The first kappa shape index (κ1) is 12.9. The fourth-order valence-electron chi connectivity index (χ4n) is 1.61. The summed E-state index contributed by atoms with van der Waals surface area (Å²) >= 11 is 0. The van der Waals surface area contributed by atoms with Crippen molar-refractivity contribution in [2.75, 3.05) is 5.73 Å². The molecule has 1 aliphatic carbocycles. The summed E-state index contributed by atoms with van der Waals surface area (Å²) < 4.78 is 25.1. The Balaban J connectivity index is 1.83. The third kappa shape index (κ3) is 3.46. The van der Waals surface area contributed by atoms with E-state index in [1.165, 1.54) is 0 Å².